The van der Waals surface area contributed by atoms with E-state index in [0.29, 0.717) is 0 Å². The quantitative estimate of drug-likeness (QED) is 0.607. The molecule has 74 valence electrons. The SMILES string of the molecule is Cc1nc2ccc(-c3cccs3)cc2s1. The summed E-state index contributed by atoms with van der Waals surface area (Å²) in [6, 6.07) is 10.7. The molecule has 0 atom stereocenters. The van der Waals surface area contributed by atoms with Gasteiger partial charge in [0.15, 0.2) is 0 Å². The standard InChI is InChI=1S/C12H9NS2/c1-8-13-10-5-4-9(7-12(10)15-8)11-3-2-6-14-11/h2-7H,1H3. The minimum absolute atomic E-state index is 1.11. The summed E-state index contributed by atoms with van der Waals surface area (Å²) < 4.78 is 1.28. The van der Waals surface area contributed by atoms with Crippen LogP contribution >= 0.6 is 22.7 Å². The lowest BCUT2D eigenvalue weighted by atomic mass is 10.2. The Morgan fingerprint density at radius 1 is 1.20 bits per heavy atom. The molecule has 0 radical (unpaired) electrons. The van der Waals surface area contributed by atoms with Gasteiger partial charge >= 0.3 is 0 Å². The Morgan fingerprint density at radius 3 is 2.93 bits per heavy atom. The van der Waals surface area contributed by atoms with Gasteiger partial charge < -0.3 is 0 Å². The molecule has 0 saturated carbocycles. The molecular weight excluding hydrogens is 222 g/mol. The molecule has 1 nitrogen and oxygen atoms in total. The van der Waals surface area contributed by atoms with Crippen LogP contribution in [0, 0.1) is 6.92 Å². The minimum atomic E-state index is 1.11. The smallest absolute Gasteiger partial charge is 0.0907 e. The molecule has 3 heteroatoms. The lowest BCUT2D eigenvalue weighted by Crippen LogP contribution is -1.72. The van der Waals surface area contributed by atoms with Crippen molar-refractivity contribution in [2.75, 3.05) is 0 Å². The van der Waals surface area contributed by atoms with E-state index in [1.807, 2.05) is 0 Å². The number of fused-ring (bicyclic) bond motifs is 1. The summed E-state index contributed by atoms with van der Waals surface area (Å²) in [5, 5.41) is 3.24. The Balaban J connectivity index is 2.21. The molecule has 2 aromatic heterocycles. The van der Waals surface area contributed by atoms with Gasteiger partial charge in [0.2, 0.25) is 0 Å². The van der Waals surface area contributed by atoms with Crippen molar-refractivity contribution in [1.82, 2.24) is 4.98 Å². The van der Waals surface area contributed by atoms with Crippen LogP contribution in [0.2, 0.25) is 0 Å². The van der Waals surface area contributed by atoms with Crippen LogP contribution in [0.5, 0.6) is 0 Å². The third-order valence-corrected chi connectivity index (χ3v) is 4.15. The highest BCUT2D eigenvalue weighted by molar-refractivity contribution is 7.18. The summed E-state index contributed by atoms with van der Waals surface area (Å²) in [5.74, 6) is 0. The molecule has 3 aromatic rings. The van der Waals surface area contributed by atoms with Crippen molar-refractivity contribution < 1.29 is 0 Å². The van der Waals surface area contributed by atoms with Crippen LogP contribution in [0.15, 0.2) is 35.7 Å². The zero-order chi connectivity index (χ0) is 10.3. The fourth-order valence-corrected chi connectivity index (χ4v) is 3.23. The summed E-state index contributed by atoms with van der Waals surface area (Å²) in [7, 11) is 0. The van der Waals surface area contributed by atoms with Crippen LogP contribution in [-0.4, -0.2) is 4.98 Å². The number of thiazole rings is 1. The molecule has 0 aliphatic heterocycles. The summed E-state index contributed by atoms with van der Waals surface area (Å²) >= 11 is 3.53. The monoisotopic (exact) mass is 231 g/mol. The van der Waals surface area contributed by atoms with E-state index in [1.165, 1.54) is 15.1 Å². The Hall–Kier alpha value is -1.19. The van der Waals surface area contributed by atoms with Crippen molar-refractivity contribution in [2.45, 2.75) is 6.92 Å². The third-order valence-electron chi connectivity index (χ3n) is 2.30. The van der Waals surface area contributed by atoms with Crippen molar-refractivity contribution in [2.24, 2.45) is 0 Å². The molecule has 0 unspecified atom stereocenters. The van der Waals surface area contributed by atoms with E-state index in [9.17, 15) is 0 Å². The molecule has 0 bridgehead atoms. The summed E-state index contributed by atoms with van der Waals surface area (Å²) in [6.45, 7) is 2.05. The Kier molecular flexibility index (Phi) is 2.08. The number of aromatic nitrogens is 1. The normalized spacial score (nSPS) is 11.0. The Labute approximate surface area is 96.0 Å². The highest BCUT2D eigenvalue weighted by atomic mass is 32.1. The highest BCUT2D eigenvalue weighted by Gasteiger charge is 2.03. The van der Waals surface area contributed by atoms with Crippen LogP contribution < -0.4 is 0 Å². The number of benzene rings is 1. The predicted octanol–water partition coefficient (Wildman–Crippen LogP) is 4.33. The first-order valence-electron chi connectivity index (χ1n) is 4.74. The van der Waals surface area contributed by atoms with Crippen molar-refractivity contribution in [3.63, 3.8) is 0 Å². The van der Waals surface area contributed by atoms with Crippen LogP contribution in [0.3, 0.4) is 0 Å². The van der Waals surface area contributed by atoms with Gasteiger partial charge in [0.1, 0.15) is 0 Å². The highest BCUT2D eigenvalue weighted by Crippen LogP contribution is 2.30. The van der Waals surface area contributed by atoms with Gasteiger partial charge in [-0.15, -0.1) is 22.7 Å². The summed E-state index contributed by atoms with van der Waals surface area (Å²) in [6.07, 6.45) is 0. The molecule has 1 aromatic carbocycles. The van der Waals surface area contributed by atoms with E-state index in [-0.39, 0.29) is 0 Å². The second kappa shape index (κ2) is 3.43. The van der Waals surface area contributed by atoms with Crippen LogP contribution in [-0.2, 0) is 0 Å². The molecule has 0 saturated heterocycles. The molecule has 2 heterocycles. The third kappa shape index (κ3) is 1.58. The van der Waals surface area contributed by atoms with Gasteiger partial charge in [-0.1, -0.05) is 12.1 Å². The second-order valence-electron chi connectivity index (χ2n) is 3.39. The van der Waals surface area contributed by atoms with E-state index in [2.05, 4.69) is 47.6 Å². The van der Waals surface area contributed by atoms with E-state index < -0.39 is 0 Å². The van der Waals surface area contributed by atoms with Crippen molar-refractivity contribution in [3.05, 3.63) is 40.7 Å². The van der Waals surface area contributed by atoms with Crippen molar-refractivity contribution in [1.29, 1.82) is 0 Å². The van der Waals surface area contributed by atoms with E-state index in [0.717, 1.165) is 10.5 Å². The zero-order valence-electron chi connectivity index (χ0n) is 8.23. The van der Waals surface area contributed by atoms with Gasteiger partial charge in [-0.3, -0.25) is 0 Å². The number of aryl methyl sites for hydroxylation is 1. The van der Waals surface area contributed by atoms with E-state index in [1.54, 1.807) is 22.7 Å². The maximum absolute atomic E-state index is 4.46. The predicted molar refractivity (Wildman–Crippen MR) is 67.7 cm³/mol. The topological polar surface area (TPSA) is 12.9 Å². The molecule has 0 aliphatic carbocycles. The lowest BCUT2D eigenvalue weighted by molar-refractivity contribution is 1.35. The van der Waals surface area contributed by atoms with Gasteiger partial charge in [-0.05, 0) is 36.1 Å². The maximum atomic E-state index is 4.46. The summed E-state index contributed by atoms with van der Waals surface area (Å²) in [4.78, 5) is 5.78. The molecule has 15 heavy (non-hydrogen) atoms. The maximum Gasteiger partial charge on any atom is 0.0907 e. The fourth-order valence-electron chi connectivity index (χ4n) is 1.64. The van der Waals surface area contributed by atoms with Gasteiger partial charge in [-0.25, -0.2) is 4.98 Å². The lowest BCUT2D eigenvalue weighted by Gasteiger charge is -1.95. The average molecular weight is 231 g/mol. The first-order chi connectivity index (χ1) is 7.33. The first kappa shape index (κ1) is 9.07. The Bertz CT molecular complexity index is 593. The summed E-state index contributed by atoms with van der Waals surface area (Å²) in [5.41, 5.74) is 2.40. The van der Waals surface area contributed by atoms with Crippen LogP contribution in [0.25, 0.3) is 20.7 Å². The molecule has 0 aliphatic rings. The van der Waals surface area contributed by atoms with Gasteiger partial charge in [0.25, 0.3) is 0 Å². The van der Waals surface area contributed by atoms with Gasteiger partial charge in [0.05, 0.1) is 15.2 Å². The van der Waals surface area contributed by atoms with E-state index >= 15 is 0 Å². The number of rotatable bonds is 1. The second-order valence-corrected chi connectivity index (χ2v) is 5.58. The molecule has 0 amide bonds. The van der Waals surface area contributed by atoms with Crippen LogP contribution in [0.4, 0.5) is 0 Å². The zero-order valence-corrected chi connectivity index (χ0v) is 9.86. The first-order valence-corrected chi connectivity index (χ1v) is 6.43. The molecule has 0 spiro atoms. The average Bonchev–Trinajstić information content (AvgIpc) is 2.82. The molecule has 3 rings (SSSR count). The van der Waals surface area contributed by atoms with Crippen molar-refractivity contribution in [3.8, 4) is 10.4 Å². The van der Waals surface area contributed by atoms with Crippen molar-refractivity contribution >= 4 is 32.9 Å². The molecule has 0 fully saturated rings. The van der Waals surface area contributed by atoms with Gasteiger partial charge in [-0.2, -0.15) is 0 Å². The number of nitrogens with zero attached hydrogens (tertiary/aromatic N) is 1. The molecule has 0 N–H and O–H groups in total. The Morgan fingerprint density at radius 2 is 2.13 bits per heavy atom. The largest absolute Gasteiger partial charge is 0.242 e. The van der Waals surface area contributed by atoms with Gasteiger partial charge in [0, 0.05) is 4.88 Å². The number of thiophene rings is 1. The van der Waals surface area contributed by atoms with Crippen LogP contribution in [0.1, 0.15) is 5.01 Å². The minimum Gasteiger partial charge on any atom is -0.242 e. The number of hydrogen-bond donors (Lipinski definition) is 0. The fraction of sp³-hybridized carbons (Fsp3) is 0.0833. The number of hydrogen-bond acceptors (Lipinski definition) is 3. The molecular formula is C12H9NS2. The van der Waals surface area contributed by atoms with E-state index in [4.69, 9.17) is 0 Å².